The van der Waals surface area contributed by atoms with Gasteiger partial charge in [-0.25, -0.2) is 4.79 Å². The summed E-state index contributed by atoms with van der Waals surface area (Å²) in [6, 6.07) is 7.45. The second-order valence-corrected chi connectivity index (χ2v) is 3.08. The van der Waals surface area contributed by atoms with Gasteiger partial charge in [0.05, 0.1) is 18.9 Å². The van der Waals surface area contributed by atoms with Crippen LogP contribution in [0.5, 0.6) is 5.75 Å². The van der Waals surface area contributed by atoms with E-state index in [4.69, 9.17) is 4.74 Å². The largest absolute Gasteiger partial charge is 0.497 e. The number of hydrogen-bond acceptors (Lipinski definition) is 3. The Hall–Kier alpha value is -2.03. The fourth-order valence-electron chi connectivity index (χ4n) is 1.29. The number of ether oxygens (including phenoxy) is 2. The summed E-state index contributed by atoms with van der Waals surface area (Å²) in [5.41, 5.74) is 1.49. The molecule has 0 bridgehead atoms. The van der Waals surface area contributed by atoms with Crippen LogP contribution < -0.4 is 4.74 Å². The Morgan fingerprint density at radius 1 is 1.27 bits per heavy atom. The normalized spacial score (nSPS) is 16.9. The second-order valence-electron chi connectivity index (χ2n) is 3.08. The van der Waals surface area contributed by atoms with E-state index in [1.54, 1.807) is 19.3 Å². The lowest BCUT2D eigenvalue weighted by Gasteiger charge is -1.99. The van der Waals surface area contributed by atoms with Gasteiger partial charge in [-0.3, -0.25) is 0 Å². The maximum atomic E-state index is 11.1. The third-order valence-electron chi connectivity index (χ3n) is 2.10. The molecular weight excluding hydrogens is 192 g/mol. The van der Waals surface area contributed by atoms with Crippen LogP contribution in [0.4, 0.5) is 0 Å². The average Bonchev–Trinajstić information content (AvgIpc) is 2.66. The van der Waals surface area contributed by atoms with Gasteiger partial charge in [0.25, 0.3) is 0 Å². The maximum absolute atomic E-state index is 11.1. The van der Waals surface area contributed by atoms with Gasteiger partial charge in [-0.05, 0) is 29.8 Å². The summed E-state index contributed by atoms with van der Waals surface area (Å²) >= 11 is 0. The van der Waals surface area contributed by atoms with Gasteiger partial charge in [0.15, 0.2) is 0 Å². The lowest BCUT2D eigenvalue weighted by Crippen LogP contribution is -1.94. The zero-order chi connectivity index (χ0) is 10.7. The summed E-state index contributed by atoms with van der Waals surface area (Å²) in [7, 11) is 1.62. The van der Waals surface area contributed by atoms with Crippen LogP contribution in [-0.2, 0) is 9.53 Å². The summed E-state index contributed by atoms with van der Waals surface area (Å²) in [4.78, 5) is 11.1. The highest BCUT2D eigenvalue weighted by atomic mass is 16.5. The Labute approximate surface area is 87.6 Å². The number of esters is 1. The van der Waals surface area contributed by atoms with Crippen molar-refractivity contribution in [1.29, 1.82) is 0 Å². The molecule has 0 N–H and O–H groups in total. The molecule has 0 fully saturated rings. The van der Waals surface area contributed by atoms with E-state index in [1.165, 1.54) is 6.26 Å². The average molecular weight is 202 g/mol. The molecule has 1 aromatic rings. The molecule has 0 saturated heterocycles. The molecule has 0 saturated carbocycles. The third-order valence-corrected chi connectivity index (χ3v) is 2.10. The molecule has 0 atom stereocenters. The number of carbonyl (C=O) groups excluding carboxylic acids is 1. The number of benzene rings is 1. The van der Waals surface area contributed by atoms with E-state index >= 15 is 0 Å². The van der Waals surface area contributed by atoms with E-state index in [9.17, 15) is 4.79 Å². The standard InChI is InChI=1S/C12H10O3/c1-14-11-4-2-9(3-5-11)8-10-6-7-15-12(10)13/h2-8H,1H3. The van der Waals surface area contributed by atoms with E-state index < -0.39 is 0 Å². The molecule has 0 amide bonds. The first-order chi connectivity index (χ1) is 7.29. The van der Waals surface area contributed by atoms with Crippen molar-refractivity contribution in [2.24, 2.45) is 0 Å². The third kappa shape index (κ3) is 2.07. The predicted molar refractivity (Wildman–Crippen MR) is 56.2 cm³/mol. The van der Waals surface area contributed by atoms with Crippen molar-refractivity contribution in [3.63, 3.8) is 0 Å². The highest BCUT2D eigenvalue weighted by molar-refractivity contribution is 5.98. The first kappa shape index (κ1) is 9.52. The minimum atomic E-state index is -0.314. The van der Waals surface area contributed by atoms with Crippen LogP contribution in [0.15, 0.2) is 42.2 Å². The molecule has 1 aliphatic heterocycles. The summed E-state index contributed by atoms with van der Waals surface area (Å²) in [6.07, 6.45) is 4.80. The first-order valence-electron chi connectivity index (χ1n) is 4.53. The molecule has 0 spiro atoms. The Morgan fingerprint density at radius 2 is 2.00 bits per heavy atom. The fraction of sp³-hybridized carbons (Fsp3) is 0.0833. The van der Waals surface area contributed by atoms with E-state index in [-0.39, 0.29) is 5.97 Å². The molecule has 1 aliphatic rings. The fourth-order valence-corrected chi connectivity index (χ4v) is 1.29. The van der Waals surface area contributed by atoms with Crippen LogP contribution in [0.3, 0.4) is 0 Å². The van der Waals surface area contributed by atoms with Crippen molar-refractivity contribution >= 4 is 12.0 Å². The van der Waals surface area contributed by atoms with Gasteiger partial charge in [-0.15, -0.1) is 0 Å². The molecular formula is C12H10O3. The van der Waals surface area contributed by atoms with Gasteiger partial charge >= 0.3 is 5.97 Å². The number of rotatable bonds is 2. The van der Waals surface area contributed by atoms with Gasteiger partial charge in [0, 0.05) is 0 Å². The minimum absolute atomic E-state index is 0.314. The van der Waals surface area contributed by atoms with Gasteiger partial charge < -0.3 is 9.47 Å². The van der Waals surface area contributed by atoms with E-state index in [2.05, 4.69) is 4.74 Å². The highest BCUT2D eigenvalue weighted by Gasteiger charge is 2.12. The van der Waals surface area contributed by atoms with Gasteiger partial charge in [0.2, 0.25) is 0 Å². The van der Waals surface area contributed by atoms with Crippen molar-refractivity contribution < 1.29 is 14.3 Å². The molecule has 15 heavy (non-hydrogen) atoms. The molecule has 0 aromatic heterocycles. The number of cyclic esters (lactones) is 1. The number of carbonyl (C=O) groups is 1. The molecule has 76 valence electrons. The quantitative estimate of drug-likeness (QED) is 0.544. The maximum Gasteiger partial charge on any atom is 0.343 e. The number of methoxy groups -OCH3 is 1. The summed E-state index contributed by atoms with van der Waals surface area (Å²) in [5, 5.41) is 0. The van der Waals surface area contributed by atoms with Gasteiger partial charge in [-0.2, -0.15) is 0 Å². The first-order valence-corrected chi connectivity index (χ1v) is 4.53. The van der Waals surface area contributed by atoms with E-state index in [1.807, 2.05) is 24.3 Å². The SMILES string of the molecule is COc1ccc(C=C2C=COC2=O)cc1. The lowest BCUT2D eigenvalue weighted by atomic mass is 10.1. The zero-order valence-electron chi connectivity index (χ0n) is 8.27. The Balaban J connectivity index is 2.23. The monoisotopic (exact) mass is 202 g/mol. The Morgan fingerprint density at radius 3 is 2.53 bits per heavy atom. The summed E-state index contributed by atoms with van der Waals surface area (Å²) in [5.74, 6) is 0.479. The summed E-state index contributed by atoms with van der Waals surface area (Å²) in [6.45, 7) is 0. The predicted octanol–water partition coefficient (Wildman–Crippen LogP) is 2.15. The van der Waals surface area contributed by atoms with E-state index in [0.29, 0.717) is 5.57 Å². The molecule has 3 nitrogen and oxygen atoms in total. The van der Waals surface area contributed by atoms with E-state index in [0.717, 1.165) is 11.3 Å². The van der Waals surface area contributed by atoms with Crippen LogP contribution in [0, 0.1) is 0 Å². The Bertz CT molecular complexity index is 427. The van der Waals surface area contributed by atoms with Crippen molar-refractivity contribution in [3.05, 3.63) is 47.7 Å². The van der Waals surface area contributed by atoms with Crippen LogP contribution >= 0.6 is 0 Å². The van der Waals surface area contributed by atoms with Crippen LogP contribution in [0.1, 0.15) is 5.56 Å². The molecule has 1 heterocycles. The van der Waals surface area contributed by atoms with Crippen molar-refractivity contribution in [1.82, 2.24) is 0 Å². The molecule has 2 rings (SSSR count). The zero-order valence-corrected chi connectivity index (χ0v) is 8.27. The molecule has 1 aromatic carbocycles. The van der Waals surface area contributed by atoms with Crippen LogP contribution in [0.2, 0.25) is 0 Å². The minimum Gasteiger partial charge on any atom is -0.497 e. The molecule has 0 unspecified atom stereocenters. The topological polar surface area (TPSA) is 35.5 Å². The second kappa shape index (κ2) is 4.00. The number of hydrogen-bond donors (Lipinski definition) is 0. The van der Waals surface area contributed by atoms with Crippen LogP contribution in [-0.4, -0.2) is 13.1 Å². The highest BCUT2D eigenvalue weighted by Crippen LogP contribution is 2.17. The van der Waals surface area contributed by atoms with Gasteiger partial charge in [-0.1, -0.05) is 12.1 Å². The molecule has 0 aliphatic carbocycles. The lowest BCUT2D eigenvalue weighted by molar-refractivity contribution is -0.131. The molecule has 0 radical (unpaired) electrons. The summed E-state index contributed by atoms with van der Waals surface area (Å²) < 4.78 is 9.70. The van der Waals surface area contributed by atoms with Crippen molar-refractivity contribution in [3.8, 4) is 5.75 Å². The Kier molecular flexibility index (Phi) is 2.54. The molecule has 3 heteroatoms. The van der Waals surface area contributed by atoms with Crippen molar-refractivity contribution in [2.45, 2.75) is 0 Å². The van der Waals surface area contributed by atoms with Gasteiger partial charge in [0.1, 0.15) is 5.75 Å². The van der Waals surface area contributed by atoms with Crippen LogP contribution in [0.25, 0.3) is 6.08 Å². The smallest absolute Gasteiger partial charge is 0.343 e. The van der Waals surface area contributed by atoms with Crippen molar-refractivity contribution in [2.75, 3.05) is 7.11 Å².